The topological polar surface area (TPSA) is 80.3 Å². The molecule has 20 heavy (non-hydrogen) atoms. The summed E-state index contributed by atoms with van der Waals surface area (Å²) in [5.74, 6) is 1.70. The minimum Gasteiger partial charge on any atom is -0.381 e. The lowest BCUT2D eigenvalue weighted by molar-refractivity contribution is -0.146. The highest BCUT2D eigenvalue weighted by Gasteiger charge is 2.32. The Labute approximate surface area is 117 Å². The van der Waals surface area contributed by atoms with Crippen LogP contribution in [0.1, 0.15) is 30.6 Å². The third-order valence-corrected chi connectivity index (χ3v) is 3.85. The number of morpholine rings is 1. The monoisotopic (exact) mass is 280 g/mol. The zero-order chi connectivity index (χ0) is 13.9. The number of nitrogens with one attached hydrogen (secondary N) is 1. The van der Waals surface area contributed by atoms with Gasteiger partial charge >= 0.3 is 0 Å². The summed E-state index contributed by atoms with van der Waals surface area (Å²) >= 11 is 0. The number of carbonyl (C=O) groups is 1. The lowest BCUT2D eigenvalue weighted by Crippen LogP contribution is -2.46. The van der Waals surface area contributed by atoms with Crippen LogP contribution in [0.3, 0.4) is 0 Å². The lowest BCUT2D eigenvalue weighted by atomic mass is 9.98. The van der Waals surface area contributed by atoms with Crippen LogP contribution < -0.4 is 0 Å². The van der Waals surface area contributed by atoms with Crippen LogP contribution in [-0.4, -0.2) is 58.9 Å². The molecule has 2 fully saturated rings. The Bertz CT molecular complexity index is 470. The fraction of sp³-hybridized carbons (Fsp3) is 0.769. The quantitative estimate of drug-likeness (QED) is 0.850. The van der Waals surface area contributed by atoms with Crippen molar-refractivity contribution in [2.24, 2.45) is 5.92 Å². The van der Waals surface area contributed by atoms with E-state index in [1.54, 1.807) is 0 Å². The second-order valence-corrected chi connectivity index (χ2v) is 5.31. The Morgan fingerprint density at radius 2 is 2.15 bits per heavy atom. The lowest BCUT2D eigenvalue weighted by Gasteiger charge is -2.35. The number of rotatable bonds is 2. The molecule has 0 radical (unpaired) electrons. The number of carbonyl (C=O) groups excluding carboxylic acids is 1. The molecule has 110 valence electrons. The number of aromatic nitrogens is 3. The van der Waals surface area contributed by atoms with Crippen molar-refractivity contribution in [2.75, 3.05) is 32.9 Å². The van der Waals surface area contributed by atoms with Gasteiger partial charge in [-0.25, -0.2) is 4.98 Å². The fourth-order valence-corrected chi connectivity index (χ4v) is 2.71. The molecule has 3 heterocycles. The minimum atomic E-state index is -0.225. The largest absolute Gasteiger partial charge is 0.381 e. The van der Waals surface area contributed by atoms with E-state index in [0.29, 0.717) is 38.7 Å². The summed E-state index contributed by atoms with van der Waals surface area (Å²) in [4.78, 5) is 18.7. The summed E-state index contributed by atoms with van der Waals surface area (Å²) in [7, 11) is 0. The molecular formula is C13H20N4O3. The van der Waals surface area contributed by atoms with E-state index in [9.17, 15) is 4.79 Å². The van der Waals surface area contributed by atoms with Crippen molar-refractivity contribution >= 4 is 5.91 Å². The van der Waals surface area contributed by atoms with Gasteiger partial charge in [0.2, 0.25) is 5.91 Å². The Hall–Kier alpha value is -1.47. The van der Waals surface area contributed by atoms with Gasteiger partial charge in [0.1, 0.15) is 11.9 Å². The molecule has 0 saturated carbocycles. The molecule has 3 rings (SSSR count). The number of hydrogen-bond acceptors (Lipinski definition) is 5. The molecule has 2 aliphatic rings. The molecule has 0 aliphatic carbocycles. The van der Waals surface area contributed by atoms with E-state index in [2.05, 4.69) is 15.2 Å². The van der Waals surface area contributed by atoms with Gasteiger partial charge in [0.15, 0.2) is 5.82 Å². The van der Waals surface area contributed by atoms with E-state index in [-0.39, 0.29) is 17.9 Å². The molecule has 0 bridgehead atoms. The fourth-order valence-electron chi connectivity index (χ4n) is 2.71. The molecule has 1 aromatic rings. The maximum absolute atomic E-state index is 12.5. The zero-order valence-electron chi connectivity index (χ0n) is 11.7. The van der Waals surface area contributed by atoms with Gasteiger partial charge in [0.05, 0.1) is 13.2 Å². The van der Waals surface area contributed by atoms with Crippen LogP contribution in [0, 0.1) is 12.8 Å². The van der Waals surface area contributed by atoms with Crippen molar-refractivity contribution in [1.29, 1.82) is 0 Å². The van der Waals surface area contributed by atoms with Crippen LogP contribution in [0.25, 0.3) is 0 Å². The molecule has 1 amide bonds. The van der Waals surface area contributed by atoms with Gasteiger partial charge in [-0.05, 0) is 19.8 Å². The molecule has 1 atom stereocenters. The smallest absolute Gasteiger partial charge is 0.226 e. The van der Waals surface area contributed by atoms with E-state index in [1.807, 2.05) is 11.8 Å². The highest BCUT2D eigenvalue weighted by atomic mass is 16.5. The number of aromatic amines is 1. The molecule has 1 aromatic heterocycles. The first-order chi connectivity index (χ1) is 9.74. The third kappa shape index (κ3) is 2.83. The van der Waals surface area contributed by atoms with E-state index in [1.165, 1.54) is 0 Å². The van der Waals surface area contributed by atoms with Gasteiger partial charge < -0.3 is 14.4 Å². The van der Waals surface area contributed by atoms with Gasteiger partial charge in [-0.2, -0.15) is 5.10 Å². The summed E-state index contributed by atoms with van der Waals surface area (Å²) in [5.41, 5.74) is 0. The number of ether oxygens (including phenoxy) is 2. The zero-order valence-corrected chi connectivity index (χ0v) is 11.7. The molecule has 7 nitrogen and oxygen atoms in total. The van der Waals surface area contributed by atoms with Gasteiger partial charge in [-0.1, -0.05) is 0 Å². The van der Waals surface area contributed by atoms with Gasteiger partial charge in [-0.15, -0.1) is 0 Å². The molecule has 1 N–H and O–H groups in total. The summed E-state index contributed by atoms with van der Waals surface area (Å²) in [6, 6.07) is 0. The number of H-pyrrole nitrogens is 1. The van der Waals surface area contributed by atoms with Crippen molar-refractivity contribution in [3.8, 4) is 0 Å². The van der Waals surface area contributed by atoms with Crippen LogP contribution in [0.15, 0.2) is 0 Å². The predicted octanol–water partition coefficient (Wildman–Crippen LogP) is 0.440. The molecule has 0 unspecified atom stereocenters. The van der Waals surface area contributed by atoms with Gasteiger partial charge in [0.25, 0.3) is 0 Å². The molecule has 7 heteroatoms. The summed E-state index contributed by atoms with van der Waals surface area (Å²) in [6.07, 6.45) is 1.42. The van der Waals surface area contributed by atoms with Crippen LogP contribution >= 0.6 is 0 Å². The van der Waals surface area contributed by atoms with Gasteiger partial charge in [0, 0.05) is 25.7 Å². The molecular weight excluding hydrogens is 260 g/mol. The van der Waals surface area contributed by atoms with Crippen LogP contribution in [0.5, 0.6) is 0 Å². The average molecular weight is 280 g/mol. The number of hydrogen-bond donors (Lipinski definition) is 1. The first kappa shape index (κ1) is 13.5. The number of aryl methyl sites for hydroxylation is 1. The Kier molecular flexibility index (Phi) is 3.98. The van der Waals surface area contributed by atoms with Crippen LogP contribution in [-0.2, 0) is 14.3 Å². The van der Waals surface area contributed by atoms with Crippen LogP contribution in [0.4, 0.5) is 0 Å². The summed E-state index contributed by atoms with van der Waals surface area (Å²) in [6.45, 7) is 4.94. The van der Waals surface area contributed by atoms with Crippen molar-refractivity contribution in [3.05, 3.63) is 11.6 Å². The average Bonchev–Trinajstić information content (AvgIpc) is 2.94. The predicted molar refractivity (Wildman–Crippen MR) is 69.9 cm³/mol. The van der Waals surface area contributed by atoms with Crippen molar-refractivity contribution < 1.29 is 14.3 Å². The number of amides is 1. The maximum Gasteiger partial charge on any atom is 0.226 e. The van der Waals surface area contributed by atoms with E-state index in [0.717, 1.165) is 18.7 Å². The maximum atomic E-state index is 12.5. The second-order valence-electron chi connectivity index (χ2n) is 5.31. The number of nitrogens with zero attached hydrogens (tertiary/aromatic N) is 3. The normalized spacial score (nSPS) is 24.9. The van der Waals surface area contributed by atoms with Gasteiger partial charge in [-0.3, -0.25) is 9.89 Å². The van der Waals surface area contributed by atoms with E-state index < -0.39 is 0 Å². The minimum absolute atomic E-state index is 0.0939. The third-order valence-electron chi connectivity index (χ3n) is 3.85. The SMILES string of the molecule is Cc1nc([C@H]2CN(C(=O)C3CCOCC3)CCO2)n[nH]1. The first-order valence-electron chi connectivity index (χ1n) is 7.11. The molecule has 0 spiro atoms. The highest BCUT2D eigenvalue weighted by Crippen LogP contribution is 2.23. The molecule has 2 aliphatic heterocycles. The van der Waals surface area contributed by atoms with Crippen molar-refractivity contribution in [1.82, 2.24) is 20.1 Å². The standard InChI is InChI=1S/C13H20N4O3/c1-9-14-12(16-15-9)11-8-17(4-7-20-11)13(18)10-2-5-19-6-3-10/h10-11H,2-8H2,1H3,(H,14,15,16)/t11-/m1/s1. The Morgan fingerprint density at radius 3 is 2.85 bits per heavy atom. The Morgan fingerprint density at radius 1 is 1.35 bits per heavy atom. The molecule has 0 aromatic carbocycles. The van der Waals surface area contributed by atoms with E-state index in [4.69, 9.17) is 9.47 Å². The highest BCUT2D eigenvalue weighted by molar-refractivity contribution is 5.79. The summed E-state index contributed by atoms with van der Waals surface area (Å²) < 4.78 is 11.0. The van der Waals surface area contributed by atoms with Crippen molar-refractivity contribution in [2.45, 2.75) is 25.9 Å². The second kappa shape index (κ2) is 5.88. The summed E-state index contributed by atoms with van der Waals surface area (Å²) in [5, 5.41) is 6.94. The molecule has 2 saturated heterocycles. The first-order valence-corrected chi connectivity index (χ1v) is 7.11. The Balaban J connectivity index is 1.63. The van der Waals surface area contributed by atoms with Crippen LogP contribution in [0.2, 0.25) is 0 Å². The van der Waals surface area contributed by atoms with E-state index >= 15 is 0 Å². The van der Waals surface area contributed by atoms with Crippen molar-refractivity contribution in [3.63, 3.8) is 0 Å².